The zero-order valence-corrected chi connectivity index (χ0v) is 22.6. The van der Waals surface area contributed by atoms with Gasteiger partial charge >= 0.3 is 0 Å². The van der Waals surface area contributed by atoms with Crippen LogP contribution in [-0.4, -0.2) is 97.5 Å². The van der Waals surface area contributed by atoms with Crippen LogP contribution < -0.4 is 21.7 Å². The SMILES string of the molecule is CCOCCOCCOCCOCCN/C=C(\N)CCC(=O)NCCCNC(=O)CCOCC(C)C. The normalized spacial score (nSPS) is 11.6. The van der Waals surface area contributed by atoms with Gasteiger partial charge in [0, 0.05) is 57.6 Å². The number of hydrogen-bond acceptors (Lipinski definition) is 9. The Morgan fingerprint density at radius 2 is 1.28 bits per heavy atom. The summed E-state index contributed by atoms with van der Waals surface area (Å²) in [6.07, 6.45) is 3.50. The standard InChI is InChI=1S/C25H50N4O7/c1-4-32-14-15-34-18-19-35-17-16-33-13-11-27-20-23(26)6-7-24(30)28-9-5-10-29-25(31)8-12-36-21-22(2)3/h20,22,27H,4-19,21,26H2,1-3H3,(H,28,30)(H,29,31)/b23-20-. The van der Waals surface area contributed by atoms with E-state index in [9.17, 15) is 9.59 Å². The molecule has 0 aromatic rings. The summed E-state index contributed by atoms with van der Waals surface area (Å²) in [5.41, 5.74) is 6.53. The van der Waals surface area contributed by atoms with Gasteiger partial charge in [-0.05, 0) is 25.7 Å². The molecule has 0 aliphatic carbocycles. The topological polar surface area (TPSA) is 142 Å². The van der Waals surface area contributed by atoms with Gasteiger partial charge in [-0.3, -0.25) is 9.59 Å². The van der Waals surface area contributed by atoms with Gasteiger partial charge in [0.25, 0.3) is 0 Å². The Hall–Kier alpha value is -1.92. The van der Waals surface area contributed by atoms with Gasteiger partial charge in [-0.1, -0.05) is 13.8 Å². The van der Waals surface area contributed by atoms with E-state index in [4.69, 9.17) is 29.4 Å². The molecule has 0 aliphatic heterocycles. The largest absolute Gasteiger partial charge is 0.401 e. The average molecular weight is 519 g/mol. The number of nitrogens with two attached hydrogens (primary N) is 1. The van der Waals surface area contributed by atoms with E-state index in [1.54, 1.807) is 6.20 Å². The molecular weight excluding hydrogens is 468 g/mol. The molecule has 0 fully saturated rings. The molecule has 0 bridgehead atoms. The van der Waals surface area contributed by atoms with Gasteiger partial charge in [0.15, 0.2) is 0 Å². The molecule has 36 heavy (non-hydrogen) atoms. The highest BCUT2D eigenvalue weighted by atomic mass is 16.6. The third kappa shape index (κ3) is 26.7. The molecule has 0 atom stereocenters. The average Bonchev–Trinajstić information content (AvgIpc) is 2.85. The lowest BCUT2D eigenvalue weighted by Crippen LogP contribution is -2.30. The number of nitrogens with one attached hydrogen (secondary N) is 3. The Morgan fingerprint density at radius 1 is 0.722 bits per heavy atom. The predicted octanol–water partition coefficient (Wildman–Crippen LogP) is 0.928. The number of ether oxygens (including phenoxy) is 5. The fourth-order valence-corrected chi connectivity index (χ4v) is 2.67. The summed E-state index contributed by atoms with van der Waals surface area (Å²) < 4.78 is 26.8. The number of carbonyl (C=O) groups excluding carboxylic acids is 2. The smallest absolute Gasteiger partial charge is 0.222 e. The summed E-state index contributed by atoms with van der Waals surface area (Å²) in [5.74, 6) is 0.356. The minimum atomic E-state index is -0.0669. The third-order valence-corrected chi connectivity index (χ3v) is 4.56. The maximum Gasteiger partial charge on any atom is 0.222 e. The van der Waals surface area contributed by atoms with Crippen LogP contribution in [0.3, 0.4) is 0 Å². The summed E-state index contributed by atoms with van der Waals surface area (Å²) in [4.78, 5) is 23.6. The van der Waals surface area contributed by atoms with E-state index in [0.29, 0.717) is 123 Å². The van der Waals surface area contributed by atoms with E-state index in [2.05, 4.69) is 29.8 Å². The van der Waals surface area contributed by atoms with Gasteiger partial charge in [0.2, 0.25) is 11.8 Å². The Bertz CT molecular complexity index is 563. The Labute approximate surface area is 217 Å². The van der Waals surface area contributed by atoms with Crippen molar-refractivity contribution >= 4 is 11.8 Å². The van der Waals surface area contributed by atoms with Crippen LogP contribution in [0, 0.1) is 5.92 Å². The first-order valence-electron chi connectivity index (χ1n) is 13.1. The molecule has 0 aromatic carbocycles. The second-order valence-electron chi connectivity index (χ2n) is 8.48. The number of allylic oxidation sites excluding steroid dienone is 1. The predicted molar refractivity (Wildman–Crippen MR) is 139 cm³/mol. The summed E-state index contributed by atoms with van der Waals surface area (Å²) in [6.45, 7) is 13.3. The highest BCUT2D eigenvalue weighted by Gasteiger charge is 2.04. The molecule has 5 N–H and O–H groups in total. The van der Waals surface area contributed by atoms with Gasteiger partial charge in [0.1, 0.15) is 0 Å². The second-order valence-corrected chi connectivity index (χ2v) is 8.48. The van der Waals surface area contributed by atoms with Crippen molar-refractivity contribution in [3.8, 4) is 0 Å². The Morgan fingerprint density at radius 3 is 1.86 bits per heavy atom. The minimum Gasteiger partial charge on any atom is -0.401 e. The second kappa shape index (κ2) is 26.2. The molecule has 11 heteroatoms. The van der Waals surface area contributed by atoms with E-state index in [-0.39, 0.29) is 11.8 Å². The maximum absolute atomic E-state index is 11.9. The molecule has 2 amide bonds. The molecule has 212 valence electrons. The molecule has 0 aliphatic rings. The van der Waals surface area contributed by atoms with Crippen molar-refractivity contribution in [3.63, 3.8) is 0 Å². The van der Waals surface area contributed by atoms with E-state index in [1.807, 2.05) is 6.92 Å². The zero-order valence-electron chi connectivity index (χ0n) is 22.6. The maximum atomic E-state index is 11.9. The fraction of sp³-hybridized carbons (Fsp3) is 0.840. The van der Waals surface area contributed by atoms with E-state index < -0.39 is 0 Å². The Balaban J connectivity index is 3.47. The van der Waals surface area contributed by atoms with Crippen molar-refractivity contribution in [3.05, 3.63) is 11.9 Å². The van der Waals surface area contributed by atoms with Crippen LogP contribution in [0.25, 0.3) is 0 Å². The molecule has 0 radical (unpaired) electrons. The van der Waals surface area contributed by atoms with Crippen LogP contribution in [0.2, 0.25) is 0 Å². The van der Waals surface area contributed by atoms with Gasteiger partial charge in [-0.25, -0.2) is 0 Å². The van der Waals surface area contributed by atoms with Crippen LogP contribution in [0.5, 0.6) is 0 Å². The van der Waals surface area contributed by atoms with Gasteiger partial charge < -0.3 is 45.4 Å². The van der Waals surface area contributed by atoms with Crippen LogP contribution in [0.15, 0.2) is 11.9 Å². The molecule has 0 unspecified atom stereocenters. The van der Waals surface area contributed by atoms with Gasteiger partial charge in [0.05, 0.1) is 52.9 Å². The van der Waals surface area contributed by atoms with Crippen LogP contribution in [-0.2, 0) is 33.3 Å². The zero-order chi connectivity index (χ0) is 26.7. The number of carbonyl (C=O) groups is 2. The lowest BCUT2D eigenvalue weighted by Gasteiger charge is -2.09. The molecule has 11 nitrogen and oxygen atoms in total. The van der Waals surface area contributed by atoms with E-state index in [0.717, 1.165) is 0 Å². The number of amides is 2. The number of hydrogen-bond donors (Lipinski definition) is 4. The molecule has 0 heterocycles. The summed E-state index contributed by atoms with van der Waals surface area (Å²) in [6, 6.07) is 0. The molecule has 0 aromatic heterocycles. The van der Waals surface area contributed by atoms with Gasteiger partial charge in [-0.2, -0.15) is 0 Å². The molecular formula is C25H50N4O7. The molecule has 0 rings (SSSR count). The van der Waals surface area contributed by atoms with Crippen molar-refractivity contribution in [2.45, 2.75) is 46.5 Å². The molecule has 0 saturated carbocycles. The van der Waals surface area contributed by atoms with Crippen molar-refractivity contribution < 1.29 is 33.3 Å². The third-order valence-electron chi connectivity index (χ3n) is 4.56. The van der Waals surface area contributed by atoms with Crippen molar-refractivity contribution in [2.75, 3.05) is 85.7 Å². The summed E-state index contributed by atoms with van der Waals surface area (Å²) in [5, 5.41) is 8.73. The van der Waals surface area contributed by atoms with Crippen molar-refractivity contribution in [1.29, 1.82) is 0 Å². The van der Waals surface area contributed by atoms with Crippen molar-refractivity contribution in [2.24, 2.45) is 11.7 Å². The first-order valence-corrected chi connectivity index (χ1v) is 13.1. The Kier molecular flexibility index (Phi) is 24.8. The molecule has 0 saturated heterocycles. The highest BCUT2D eigenvalue weighted by Crippen LogP contribution is 1.97. The quantitative estimate of drug-likeness (QED) is 0.123. The monoisotopic (exact) mass is 518 g/mol. The highest BCUT2D eigenvalue weighted by molar-refractivity contribution is 5.76. The number of rotatable bonds is 26. The first-order chi connectivity index (χ1) is 17.5. The molecule has 0 spiro atoms. The summed E-state index contributed by atoms with van der Waals surface area (Å²) >= 11 is 0. The minimum absolute atomic E-state index is 0.0379. The summed E-state index contributed by atoms with van der Waals surface area (Å²) in [7, 11) is 0. The van der Waals surface area contributed by atoms with Crippen molar-refractivity contribution in [1.82, 2.24) is 16.0 Å². The van der Waals surface area contributed by atoms with E-state index >= 15 is 0 Å². The fourth-order valence-electron chi connectivity index (χ4n) is 2.67. The van der Waals surface area contributed by atoms with Crippen LogP contribution in [0.1, 0.15) is 46.5 Å². The van der Waals surface area contributed by atoms with Crippen LogP contribution >= 0.6 is 0 Å². The lowest BCUT2D eigenvalue weighted by molar-refractivity contribution is -0.122. The van der Waals surface area contributed by atoms with Crippen LogP contribution in [0.4, 0.5) is 0 Å². The first kappa shape index (κ1) is 34.1. The lowest BCUT2D eigenvalue weighted by atomic mass is 10.2. The van der Waals surface area contributed by atoms with E-state index in [1.165, 1.54) is 0 Å². The van der Waals surface area contributed by atoms with Gasteiger partial charge in [-0.15, -0.1) is 0 Å².